The van der Waals surface area contributed by atoms with Gasteiger partial charge in [-0.1, -0.05) is 12.5 Å². The average molecular weight is 219 g/mol. The molecule has 2 heteroatoms. The quantitative estimate of drug-likeness (QED) is 0.664. The van der Waals surface area contributed by atoms with Crippen molar-refractivity contribution in [1.82, 2.24) is 4.90 Å². The van der Waals surface area contributed by atoms with E-state index in [0.29, 0.717) is 5.91 Å². The van der Waals surface area contributed by atoms with E-state index in [9.17, 15) is 4.79 Å². The van der Waals surface area contributed by atoms with Crippen molar-refractivity contribution in [1.29, 1.82) is 0 Å². The third-order valence-corrected chi connectivity index (χ3v) is 4.58. The van der Waals surface area contributed by atoms with Crippen molar-refractivity contribution in [3.63, 3.8) is 0 Å². The summed E-state index contributed by atoms with van der Waals surface area (Å²) < 4.78 is 0. The van der Waals surface area contributed by atoms with Gasteiger partial charge in [0.1, 0.15) is 0 Å². The summed E-state index contributed by atoms with van der Waals surface area (Å²) in [5, 5.41) is 0. The normalized spacial score (nSPS) is 33.8. The monoisotopic (exact) mass is 219 g/mol. The molecule has 0 spiro atoms. The van der Waals surface area contributed by atoms with Gasteiger partial charge in [0, 0.05) is 18.7 Å². The van der Waals surface area contributed by atoms with Crippen LogP contribution in [-0.4, -0.2) is 23.9 Å². The summed E-state index contributed by atoms with van der Waals surface area (Å²) in [6, 6.07) is 0. The minimum absolute atomic E-state index is 0.356. The average Bonchev–Trinajstić information content (AvgIpc) is 2.89. The lowest BCUT2D eigenvalue weighted by atomic mass is 9.98. The molecule has 88 valence electrons. The molecule has 2 nitrogen and oxygen atoms in total. The number of fused-ring (bicyclic) bond motifs is 1. The van der Waals surface area contributed by atoms with Crippen LogP contribution in [0.1, 0.15) is 44.9 Å². The number of rotatable bonds is 1. The molecule has 0 bridgehead atoms. The molecule has 1 amide bonds. The topological polar surface area (TPSA) is 20.3 Å². The predicted octanol–water partition coefficient (Wildman–Crippen LogP) is 2.75. The lowest BCUT2D eigenvalue weighted by Gasteiger charge is -2.21. The third-order valence-electron chi connectivity index (χ3n) is 4.58. The predicted molar refractivity (Wildman–Crippen MR) is 64.0 cm³/mol. The van der Waals surface area contributed by atoms with Crippen LogP contribution < -0.4 is 0 Å². The maximum Gasteiger partial charge on any atom is 0.249 e. The van der Waals surface area contributed by atoms with Crippen LogP contribution in [0.3, 0.4) is 0 Å². The molecule has 2 fully saturated rings. The highest BCUT2D eigenvalue weighted by Crippen LogP contribution is 2.38. The fourth-order valence-corrected chi connectivity index (χ4v) is 3.64. The molecule has 3 aliphatic rings. The molecule has 0 aromatic heterocycles. The molecule has 0 N–H and O–H groups in total. The molecule has 3 rings (SSSR count). The van der Waals surface area contributed by atoms with Crippen LogP contribution in [-0.2, 0) is 4.79 Å². The Morgan fingerprint density at radius 1 is 1.12 bits per heavy atom. The van der Waals surface area contributed by atoms with Crippen LogP contribution in [0, 0.1) is 11.8 Å². The Morgan fingerprint density at radius 2 is 1.88 bits per heavy atom. The molecule has 2 atom stereocenters. The van der Waals surface area contributed by atoms with Gasteiger partial charge in [-0.05, 0) is 50.4 Å². The van der Waals surface area contributed by atoms with Crippen LogP contribution in [0.5, 0.6) is 0 Å². The Labute approximate surface area is 97.7 Å². The first kappa shape index (κ1) is 10.4. The molecular formula is C14H21NO. The first-order chi connectivity index (χ1) is 7.84. The van der Waals surface area contributed by atoms with Crippen molar-refractivity contribution in [3.8, 4) is 0 Å². The molecule has 1 saturated carbocycles. The molecule has 0 radical (unpaired) electrons. The van der Waals surface area contributed by atoms with E-state index < -0.39 is 0 Å². The Bertz CT molecular complexity index is 309. The van der Waals surface area contributed by atoms with Crippen molar-refractivity contribution in [3.05, 3.63) is 11.6 Å². The van der Waals surface area contributed by atoms with Gasteiger partial charge in [-0.15, -0.1) is 0 Å². The van der Waals surface area contributed by atoms with Gasteiger partial charge < -0.3 is 4.90 Å². The van der Waals surface area contributed by atoms with E-state index in [1.807, 2.05) is 0 Å². The van der Waals surface area contributed by atoms with Gasteiger partial charge in [0.15, 0.2) is 0 Å². The van der Waals surface area contributed by atoms with Gasteiger partial charge in [0.25, 0.3) is 0 Å². The van der Waals surface area contributed by atoms with E-state index in [1.54, 1.807) is 0 Å². The van der Waals surface area contributed by atoms with Gasteiger partial charge in [-0.3, -0.25) is 4.79 Å². The first-order valence-electron chi connectivity index (χ1n) is 6.83. The summed E-state index contributed by atoms with van der Waals surface area (Å²) in [5.41, 5.74) is 1.10. The van der Waals surface area contributed by atoms with Gasteiger partial charge in [0.05, 0.1) is 0 Å². The zero-order chi connectivity index (χ0) is 11.0. The van der Waals surface area contributed by atoms with E-state index in [0.717, 1.165) is 43.3 Å². The van der Waals surface area contributed by atoms with Gasteiger partial charge in [-0.25, -0.2) is 0 Å². The highest BCUT2D eigenvalue weighted by atomic mass is 16.2. The lowest BCUT2D eigenvalue weighted by Crippen LogP contribution is -2.31. The molecule has 2 unspecified atom stereocenters. The number of hydrogen-bond donors (Lipinski definition) is 0. The molecule has 0 aromatic rings. The Hall–Kier alpha value is -0.790. The largest absolute Gasteiger partial charge is 0.338 e. The van der Waals surface area contributed by atoms with Gasteiger partial charge in [-0.2, -0.15) is 0 Å². The highest BCUT2D eigenvalue weighted by Gasteiger charge is 2.38. The molecule has 1 aliphatic heterocycles. The summed E-state index contributed by atoms with van der Waals surface area (Å²) in [6.45, 7) is 2.08. The van der Waals surface area contributed by atoms with Crippen LogP contribution >= 0.6 is 0 Å². The third kappa shape index (κ3) is 1.79. The van der Waals surface area contributed by atoms with E-state index in [-0.39, 0.29) is 0 Å². The number of carbonyl (C=O) groups excluding carboxylic acids is 1. The zero-order valence-corrected chi connectivity index (χ0v) is 9.95. The minimum Gasteiger partial charge on any atom is -0.338 e. The number of carbonyl (C=O) groups is 1. The second-order valence-corrected chi connectivity index (χ2v) is 5.64. The Kier molecular flexibility index (Phi) is 2.74. The van der Waals surface area contributed by atoms with Crippen molar-refractivity contribution >= 4 is 5.91 Å². The van der Waals surface area contributed by atoms with E-state index in [4.69, 9.17) is 0 Å². The second kappa shape index (κ2) is 4.23. The zero-order valence-electron chi connectivity index (χ0n) is 9.95. The molecule has 0 aromatic carbocycles. The van der Waals surface area contributed by atoms with Crippen LogP contribution in [0.15, 0.2) is 11.6 Å². The molecule has 1 saturated heterocycles. The SMILES string of the molecule is O=C(C1=CCCCC1)N1CC2CCCC2C1. The van der Waals surface area contributed by atoms with Crippen LogP contribution in [0.25, 0.3) is 0 Å². The fourth-order valence-electron chi connectivity index (χ4n) is 3.64. The molecular weight excluding hydrogens is 198 g/mol. The van der Waals surface area contributed by atoms with Crippen molar-refractivity contribution < 1.29 is 4.79 Å². The fraction of sp³-hybridized carbons (Fsp3) is 0.786. The van der Waals surface area contributed by atoms with E-state index in [1.165, 1.54) is 32.1 Å². The standard InChI is InChI=1S/C14H21NO/c16-14(11-5-2-1-3-6-11)15-9-12-7-4-8-13(12)10-15/h5,12-13H,1-4,6-10H2. The maximum absolute atomic E-state index is 12.3. The van der Waals surface area contributed by atoms with E-state index >= 15 is 0 Å². The Morgan fingerprint density at radius 3 is 2.50 bits per heavy atom. The number of allylic oxidation sites excluding steroid dienone is 1. The van der Waals surface area contributed by atoms with Crippen molar-refractivity contribution in [2.24, 2.45) is 11.8 Å². The summed E-state index contributed by atoms with van der Waals surface area (Å²) in [7, 11) is 0. The molecule has 16 heavy (non-hydrogen) atoms. The maximum atomic E-state index is 12.3. The van der Waals surface area contributed by atoms with Crippen LogP contribution in [0.4, 0.5) is 0 Å². The van der Waals surface area contributed by atoms with E-state index in [2.05, 4.69) is 11.0 Å². The van der Waals surface area contributed by atoms with Gasteiger partial charge >= 0.3 is 0 Å². The summed E-state index contributed by atoms with van der Waals surface area (Å²) in [5.74, 6) is 2.01. The molecule has 2 aliphatic carbocycles. The molecule has 1 heterocycles. The van der Waals surface area contributed by atoms with Crippen LogP contribution in [0.2, 0.25) is 0 Å². The number of likely N-dealkylation sites (tertiary alicyclic amines) is 1. The smallest absolute Gasteiger partial charge is 0.249 e. The number of nitrogens with zero attached hydrogens (tertiary/aromatic N) is 1. The number of amides is 1. The number of hydrogen-bond acceptors (Lipinski definition) is 1. The van der Waals surface area contributed by atoms with Crippen molar-refractivity contribution in [2.75, 3.05) is 13.1 Å². The Balaban J connectivity index is 1.65. The lowest BCUT2D eigenvalue weighted by molar-refractivity contribution is -0.126. The highest BCUT2D eigenvalue weighted by molar-refractivity contribution is 5.93. The summed E-state index contributed by atoms with van der Waals surface area (Å²) in [4.78, 5) is 14.4. The van der Waals surface area contributed by atoms with Crippen molar-refractivity contribution in [2.45, 2.75) is 44.9 Å². The minimum atomic E-state index is 0.356. The summed E-state index contributed by atoms with van der Waals surface area (Å²) >= 11 is 0. The summed E-state index contributed by atoms with van der Waals surface area (Å²) in [6.07, 6.45) is 10.9. The first-order valence-corrected chi connectivity index (χ1v) is 6.83. The van der Waals surface area contributed by atoms with Gasteiger partial charge in [0.2, 0.25) is 5.91 Å². The second-order valence-electron chi connectivity index (χ2n) is 5.64.